The predicted octanol–water partition coefficient (Wildman–Crippen LogP) is 1.79. The number of phenolic OH excluding ortho intramolecular Hbond substituents is 1. The summed E-state index contributed by atoms with van der Waals surface area (Å²) >= 11 is 0. The maximum Gasteiger partial charge on any atom is 0.248 e. The zero-order chi connectivity index (χ0) is 14.3. The van der Waals surface area contributed by atoms with E-state index in [0.717, 1.165) is 12.0 Å². The maximum atomic E-state index is 11.8. The van der Waals surface area contributed by atoms with Crippen LogP contribution in [-0.4, -0.2) is 43.3 Å². The van der Waals surface area contributed by atoms with E-state index >= 15 is 0 Å². The molecule has 106 valence electrons. The van der Waals surface area contributed by atoms with Gasteiger partial charge in [0, 0.05) is 20.2 Å². The number of carbonyl (C=O) groups is 1. The van der Waals surface area contributed by atoms with Crippen molar-refractivity contribution in [2.24, 2.45) is 0 Å². The van der Waals surface area contributed by atoms with Crippen molar-refractivity contribution >= 4 is 5.91 Å². The zero-order valence-electron chi connectivity index (χ0n) is 11.7. The van der Waals surface area contributed by atoms with E-state index < -0.39 is 0 Å². The Morgan fingerprint density at radius 3 is 2.79 bits per heavy atom. The number of aromatic hydroxyl groups is 1. The third-order valence-electron chi connectivity index (χ3n) is 2.66. The van der Waals surface area contributed by atoms with Crippen LogP contribution < -0.4 is 4.74 Å². The smallest absolute Gasteiger partial charge is 0.248 e. The van der Waals surface area contributed by atoms with Crippen molar-refractivity contribution < 1.29 is 19.4 Å². The van der Waals surface area contributed by atoms with Crippen LogP contribution in [0.25, 0.3) is 0 Å². The molecule has 0 aliphatic heterocycles. The van der Waals surface area contributed by atoms with Crippen LogP contribution in [0.2, 0.25) is 0 Å². The Hall–Kier alpha value is -1.75. The normalized spacial score (nSPS) is 10.3. The SMILES string of the molecule is CCCOCC(=O)N(C)Cc1ccc(O)c(OC)c1. The van der Waals surface area contributed by atoms with E-state index in [1.165, 1.54) is 7.11 Å². The Morgan fingerprint density at radius 2 is 2.16 bits per heavy atom. The van der Waals surface area contributed by atoms with Gasteiger partial charge in [-0.25, -0.2) is 0 Å². The number of benzene rings is 1. The summed E-state index contributed by atoms with van der Waals surface area (Å²) in [7, 11) is 3.21. The third kappa shape index (κ3) is 4.79. The minimum Gasteiger partial charge on any atom is -0.504 e. The molecule has 0 bridgehead atoms. The topological polar surface area (TPSA) is 59.0 Å². The van der Waals surface area contributed by atoms with E-state index in [1.807, 2.05) is 6.92 Å². The molecule has 5 nitrogen and oxygen atoms in total. The molecule has 0 aliphatic carbocycles. The summed E-state index contributed by atoms with van der Waals surface area (Å²) < 4.78 is 10.2. The molecule has 0 unspecified atom stereocenters. The molecule has 0 atom stereocenters. The van der Waals surface area contributed by atoms with Crippen molar-refractivity contribution in [3.63, 3.8) is 0 Å². The monoisotopic (exact) mass is 267 g/mol. The lowest BCUT2D eigenvalue weighted by Gasteiger charge is -2.17. The van der Waals surface area contributed by atoms with E-state index in [0.29, 0.717) is 18.9 Å². The van der Waals surface area contributed by atoms with Gasteiger partial charge in [0.05, 0.1) is 7.11 Å². The first kappa shape index (κ1) is 15.3. The third-order valence-corrected chi connectivity index (χ3v) is 2.66. The largest absolute Gasteiger partial charge is 0.504 e. The van der Waals surface area contributed by atoms with Gasteiger partial charge < -0.3 is 19.5 Å². The van der Waals surface area contributed by atoms with Gasteiger partial charge in [-0.2, -0.15) is 0 Å². The summed E-state index contributed by atoms with van der Waals surface area (Å²) in [5, 5.41) is 9.50. The molecule has 1 aromatic carbocycles. The van der Waals surface area contributed by atoms with Crippen LogP contribution >= 0.6 is 0 Å². The molecule has 19 heavy (non-hydrogen) atoms. The zero-order valence-corrected chi connectivity index (χ0v) is 11.7. The summed E-state index contributed by atoms with van der Waals surface area (Å²) in [6.07, 6.45) is 0.895. The van der Waals surface area contributed by atoms with Crippen molar-refractivity contribution in [2.75, 3.05) is 27.4 Å². The van der Waals surface area contributed by atoms with E-state index in [9.17, 15) is 9.90 Å². The van der Waals surface area contributed by atoms with E-state index in [-0.39, 0.29) is 18.3 Å². The van der Waals surface area contributed by atoms with Gasteiger partial charge in [-0.3, -0.25) is 4.79 Å². The summed E-state index contributed by atoms with van der Waals surface area (Å²) in [6.45, 7) is 3.13. The Kier molecular flexibility index (Phi) is 6.15. The lowest BCUT2D eigenvalue weighted by atomic mass is 10.2. The van der Waals surface area contributed by atoms with Crippen molar-refractivity contribution in [2.45, 2.75) is 19.9 Å². The van der Waals surface area contributed by atoms with Crippen molar-refractivity contribution in [1.29, 1.82) is 0 Å². The van der Waals surface area contributed by atoms with Crippen molar-refractivity contribution in [3.8, 4) is 11.5 Å². The minimum absolute atomic E-state index is 0.0690. The van der Waals surface area contributed by atoms with Crippen LogP contribution in [0.15, 0.2) is 18.2 Å². The molecule has 1 amide bonds. The number of likely N-dealkylation sites (N-methyl/N-ethyl adjacent to an activating group) is 1. The number of nitrogens with zero attached hydrogens (tertiary/aromatic N) is 1. The first-order valence-electron chi connectivity index (χ1n) is 6.26. The number of carbonyl (C=O) groups excluding carboxylic acids is 1. The Balaban J connectivity index is 2.56. The highest BCUT2D eigenvalue weighted by molar-refractivity contribution is 5.77. The Labute approximate surface area is 113 Å². The highest BCUT2D eigenvalue weighted by Crippen LogP contribution is 2.26. The fraction of sp³-hybridized carbons (Fsp3) is 0.500. The number of methoxy groups -OCH3 is 1. The molecule has 1 rings (SSSR count). The first-order valence-corrected chi connectivity index (χ1v) is 6.26. The average molecular weight is 267 g/mol. The fourth-order valence-corrected chi connectivity index (χ4v) is 1.60. The number of rotatable bonds is 7. The van der Waals surface area contributed by atoms with Gasteiger partial charge in [0.2, 0.25) is 5.91 Å². The maximum absolute atomic E-state index is 11.8. The quantitative estimate of drug-likeness (QED) is 0.765. The van der Waals surface area contributed by atoms with Gasteiger partial charge in [-0.15, -0.1) is 0 Å². The van der Waals surface area contributed by atoms with E-state index in [2.05, 4.69) is 0 Å². The van der Waals surface area contributed by atoms with Crippen LogP contribution in [0.3, 0.4) is 0 Å². The van der Waals surface area contributed by atoms with Crippen molar-refractivity contribution in [1.82, 2.24) is 4.90 Å². The molecule has 1 aromatic rings. The van der Waals surface area contributed by atoms with E-state index in [4.69, 9.17) is 9.47 Å². The number of phenols is 1. The fourth-order valence-electron chi connectivity index (χ4n) is 1.60. The van der Waals surface area contributed by atoms with Crippen molar-refractivity contribution in [3.05, 3.63) is 23.8 Å². The highest BCUT2D eigenvalue weighted by Gasteiger charge is 2.10. The summed E-state index contributed by atoms with van der Waals surface area (Å²) in [5.41, 5.74) is 0.890. The van der Waals surface area contributed by atoms with Crippen LogP contribution in [-0.2, 0) is 16.1 Å². The molecule has 0 heterocycles. The molecule has 0 radical (unpaired) electrons. The van der Waals surface area contributed by atoms with Gasteiger partial charge in [0.1, 0.15) is 6.61 Å². The lowest BCUT2D eigenvalue weighted by molar-refractivity contribution is -0.135. The molecule has 0 spiro atoms. The van der Waals surface area contributed by atoms with Crippen LogP contribution in [0.5, 0.6) is 11.5 Å². The minimum atomic E-state index is -0.0690. The number of amides is 1. The summed E-state index contributed by atoms with van der Waals surface area (Å²) in [4.78, 5) is 13.3. The Bertz CT molecular complexity index is 420. The van der Waals surface area contributed by atoms with Crippen LogP contribution in [0, 0.1) is 0 Å². The van der Waals surface area contributed by atoms with Gasteiger partial charge in [0.15, 0.2) is 11.5 Å². The highest BCUT2D eigenvalue weighted by atomic mass is 16.5. The summed E-state index contributed by atoms with van der Waals surface area (Å²) in [5.74, 6) is 0.424. The molecule has 1 N–H and O–H groups in total. The second-order valence-corrected chi connectivity index (χ2v) is 4.31. The molecular weight excluding hydrogens is 246 g/mol. The molecular formula is C14H21NO4. The lowest BCUT2D eigenvalue weighted by Crippen LogP contribution is -2.30. The summed E-state index contributed by atoms with van der Waals surface area (Å²) in [6, 6.07) is 5.03. The molecule has 0 aromatic heterocycles. The standard InChI is InChI=1S/C14H21NO4/c1-4-7-19-10-14(17)15(2)9-11-5-6-12(16)13(8-11)18-3/h5-6,8,16H,4,7,9-10H2,1-3H3. The second kappa shape index (κ2) is 7.63. The molecule has 0 saturated carbocycles. The number of hydrogen-bond acceptors (Lipinski definition) is 4. The Morgan fingerprint density at radius 1 is 1.42 bits per heavy atom. The molecule has 0 saturated heterocycles. The first-order chi connectivity index (χ1) is 9.08. The number of ether oxygens (including phenoxy) is 2. The van der Waals surface area contributed by atoms with Crippen LogP contribution in [0.1, 0.15) is 18.9 Å². The van der Waals surface area contributed by atoms with Crippen LogP contribution in [0.4, 0.5) is 0 Å². The predicted molar refractivity (Wildman–Crippen MR) is 72.2 cm³/mol. The number of hydrogen-bond donors (Lipinski definition) is 1. The van der Waals surface area contributed by atoms with Gasteiger partial charge >= 0.3 is 0 Å². The average Bonchev–Trinajstić information content (AvgIpc) is 2.41. The second-order valence-electron chi connectivity index (χ2n) is 4.31. The van der Waals surface area contributed by atoms with Gasteiger partial charge in [-0.1, -0.05) is 13.0 Å². The molecule has 5 heteroatoms. The van der Waals surface area contributed by atoms with Gasteiger partial charge in [0.25, 0.3) is 0 Å². The van der Waals surface area contributed by atoms with Gasteiger partial charge in [-0.05, 0) is 24.1 Å². The molecule has 0 aliphatic rings. The molecule has 0 fully saturated rings. The van der Waals surface area contributed by atoms with E-state index in [1.54, 1.807) is 30.1 Å².